The van der Waals surface area contributed by atoms with E-state index in [-0.39, 0.29) is 11.3 Å². The third kappa shape index (κ3) is 2.82. The maximum atomic E-state index is 11.2. The zero-order chi connectivity index (χ0) is 18.1. The van der Waals surface area contributed by atoms with Gasteiger partial charge in [-0.1, -0.05) is 18.2 Å². The second-order valence-electron chi connectivity index (χ2n) is 5.67. The molecule has 2 heterocycles. The zero-order valence-corrected chi connectivity index (χ0v) is 13.5. The van der Waals surface area contributed by atoms with Crippen molar-refractivity contribution >= 4 is 23.1 Å². The molecule has 26 heavy (non-hydrogen) atoms. The second kappa shape index (κ2) is 6.21. The predicted molar refractivity (Wildman–Crippen MR) is 96.8 cm³/mol. The van der Waals surface area contributed by atoms with Crippen molar-refractivity contribution in [2.24, 2.45) is 0 Å². The molecule has 0 spiro atoms. The minimum absolute atomic E-state index is 0.136. The number of nitrogens with one attached hydrogen (secondary N) is 1. The summed E-state index contributed by atoms with van der Waals surface area (Å²) in [5, 5.41) is 22.2. The fraction of sp³-hybridized carbons (Fsp3) is 0. The molecule has 3 N–H and O–H groups in total. The number of hydrogen-bond acceptors (Lipinski definition) is 5. The Hall–Kier alpha value is -3.87. The molecule has 0 aliphatic rings. The van der Waals surface area contributed by atoms with E-state index in [1.54, 1.807) is 55.0 Å². The number of aromatic nitrogens is 3. The van der Waals surface area contributed by atoms with Crippen LogP contribution in [0.3, 0.4) is 0 Å². The van der Waals surface area contributed by atoms with Gasteiger partial charge in [0.2, 0.25) is 0 Å². The number of imidazole rings is 1. The lowest BCUT2D eigenvalue weighted by atomic mass is 10.1. The first-order valence-electron chi connectivity index (χ1n) is 7.84. The molecule has 2 aromatic heterocycles. The Balaban J connectivity index is 1.87. The van der Waals surface area contributed by atoms with Crippen LogP contribution in [0, 0.1) is 0 Å². The van der Waals surface area contributed by atoms with Gasteiger partial charge in [-0.3, -0.25) is 9.38 Å². The Kier molecular flexibility index (Phi) is 3.74. The van der Waals surface area contributed by atoms with E-state index in [0.717, 1.165) is 5.56 Å². The molecule has 0 atom stereocenters. The van der Waals surface area contributed by atoms with Crippen molar-refractivity contribution in [3.05, 3.63) is 72.7 Å². The van der Waals surface area contributed by atoms with Crippen LogP contribution in [0.25, 0.3) is 16.9 Å². The van der Waals surface area contributed by atoms with E-state index in [4.69, 9.17) is 0 Å². The summed E-state index contributed by atoms with van der Waals surface area (Å²) in [6.07, 6.45) is 5.03. The molecular formula is C19H14N4O3. The van der Waals surface area contributed by atoms with Gasteiger partial charge >= 0.3 is 5.97 Å². The van der Waals surface area contributed by atoms with Gasteiger partial charge in [-0.25, -0.2) is 9.78 Å². The topological polar surface area (TPSA) is 99.8 Å². The maximum absolute atomic E-state index is 11.2. The van der Waals surface area contributed by atoms with Crippen molar-refractivity contribution < 1.29 is 15.0 Å². The molecule has 4 rings (SSSR count). The summed E-state index contributed by atoms with van der Waals surface area (Å²) in [4.78, 5) is 19.9. The van der Waals surface area contributed by atoms with E-state index in [2.05, 4.69) is 15.3 Å². The van der Waals surface area contributed by atoms with E-state index >= 15 is 0 Å². The lowest BCUT2D eigenvalue weighted by Gasteiger charge is -2.09. The van der Waals surface area contributed by atoms with Crippen LogP contribution in [0.4, 0.5) is 11.5 Å². The molecule has 0 radical (unpaired) electrons. The molecule has 0 aliphatic carbocycles. The predicted octanol–water partition coefficient (Wildman–Crippen LogP) is 3.54. The van der Waals surface area contributed by atoms with E-state index in [9.17, 15) is 15.0 Å². The molecule has 7 nitrogen and oxygen atoms in total. The number of carboxylic acid groups (broad SMARTS) is 1. The normalized spacial score (nSPS) is 10.8. The lowest BCUT2D eigenvalue weighted by molar-refractivity contribution is 0.0697. The summed E-state index contributed by atoms with van der Waals surface area (Å²) >= 11 is 0. The fourth-order valence-electron chi connectivity index (χ4n) is 2.75. The van der Waals surface area contributed by atoms with Crippen molar-refractivity contribution in [1.29, 1.82) is 0 Å². The van der Waals surface area contributed by atoms with E-state index < -0.39 is 5.97 Å². The van der Waals surface area contributed by atoms with Crippen LogP contribution in [-0.2, 0) is 0 Å². The van der Waals surface area contributed by atoms with Crippen molar-refractivity contribution in [2.45, 2.75) is 0 Å². The molecule has 4 aromatic rings. The molecule has 0 saturated carbocycles. The number of carbonyl (C=O) groups is 1. The van der Waals surface area contributed by atoms with Crippen molar-refractivity contribution in [2.75, 3.05) is 5.32 Å². The first-order chi connectivity index (χ1) is 12.6. The number of aromatic carboxylic acids is 1. The van der Waals surface area contributed by atoms with Crippen LogP contribution in [0.15, 0.2) is 67.1 Å². The van der Waals surface area contributed by atoms with Gasteiger partial charge in [-0.15, -0.1) is 0 Å². The minimum atomic E-state index is -0.996. The molecule has 0 unspecified atom stereocenters. The van der Waals surface area contributed by atoms with E-state index in [1.165, 1.54) is 6.07 Å². The van der Waals surface area contributed by atoms with Crippen LogP contribution in [0.1, 0.15) is 10.4 Å². The quantitative estimate of drug-likeness (QED) is 0.523. The molecule has 0 fully saturated rings. The van der Waals surface area contributed by atoms with Crippen LogP contribution >= 0.6 is 0 Å². The average Bonchev–Trinajstić information content (AvgIpc) is 3.01. The van der Waals surface area contributed by atoms with E-state index in [1.807, 2.05) is 10.5 Å². The number of fused-ring (bicyclic) bond motifs is 1. The number of anilines is 2. The Morgan fingerprint density at radius 2 is 1.96 bits per heavy atom. The number of aromatic hydroxyl groups is 1. The maximum Gasteiger partial charge on any atom is 0.335 e. The van der Waals surface area contributed by atoms with Crippen molar-refractivity contribution in [3.8, 4) is 17.0 Å². The van der Waals surface area contributed by atoms with Crippen LogP contribution < -0.4 is 5.32 Å². The SMILES string of the molecule is O=C(O)c1cccc(Nc2c(-c3cccc(O)c3)nc3cnccn23)c1. The Morgan fingerprint density at radius 1 is 1.12 bits per heavy atom. The van der Waals surface area contributed by atoms with Gasteiger partial charge in [-0.2, -0.15) is 0 Å². The number of rotatable bonds is 4. The Morgan fingerprint density at radius 3 is 2.77 bits per heavy atom. The van der Waals surface area contributed by atoms with Crippen molar-refractivity contribution in [1.82, 2.24) is 14.4 Å². The van der Waals surface area contributed by atoms with E-state index in [0.29, 0.717) is 22.8 Å². The molecular weight excluding hydrogens is 332 g/mol. The highest BCUT2D eigenvalue weighted by Crippen LogP contribution is 2.32. The Labute approximate surface area is 148 Å². The number of phenolic OH excluding ortho intramolecular Hbond substituents is 1. The lowest BCUT2D eigenvalue weighted by Crippen LogP contribution is -2.00. The minimum Gasteiger partial charge on any atom is -0.508 e. The van der Waals surface area contributed by atoms with Crippen molar-refractivity contribution in [3.63, 3.8) is 0 Å². The second-order valence-corrected chi connectivity index (χ2v) is 5.67. The third-order valence-corrected chi connectivity index (χ3v) is 3.92. The zero-order valence-electron chi connectivity index (χ0n) is 13.5. The molecule has 7 heteroatoms. The number of benzene rings is 2. The van der Waals surface area contributed by atoms with Crippen LogP contribution in [-0.4, -0.2) is 30.6 Å². The molecule has 128 valence electrons. The highest BCUT2D eigenvalue weighted by Gasteiger charge is 2.15. The highest BCUT2D eigenvalue weighted by molar-refractivity contribution is 5.89. The standard InChI is InChI=1S/C19H14N4O3/c24-15-6-2-3-12(10-15)17-18(23-8-7-20-11-16(23)22-17)21-14-5-1-4-13(9-14)19(25)26/h1-11,21,24H,(H,25,26). The smallest absolute Gasteiger partial charge is 0.335 e. The average molecular weight is 346 g/mol. The van der Waals surface area contributed by atoms with Gasteiger partial charge in [0.15, 0.2) is 5.65 Å². The first kappa shape index (κ1) is 15.6. The summed E-state index contributed by atoms with van der Waals surface area (Å²) in [7, 11) is 0. The van der Waals surface area contributed by atoms with Gasteiger partial charge < -0.3 is 15.5 Å². The molecule has 0 aliphatic heterocycles. The van der Waals surface area contributed by atoms with Gasteiger partial charge in [-0.05, 0) is 30.3 Å². The Bertz CT molecular complexity index is 1120. The number of carboxylic acids is 1. The highest BCUT2D eigenvalue weighted by atomic mass is 16.4. The summed E-state index contributed by atoms with van der Waals surface area (Å²) in [5.74, 6) is -0.212. The van der Waals surface area contributed by atoms with Gasteiger partial charge in [0.25, 0.3) is 0 Å². The molecule has 2 aromatic carbocycles. The number of hydrogen-bond donors (Lipinski definition) is 3. The monoisotopic (exact) mass is 346 g/mol. The molecule has 0 bridgehead atoms. The molecule has 0 saturated heterocycles. The first-order valence-corrected chi connectivity index (χ1v) is 7.84. The van der Waals surface area contributed by atoms with Gasteiger partial charge in [0.05, 0.1) is 11.8 Å². The third-order valence-electron chi connectivity index (χ3n) is 3.92. The van der Waals surface area contributed by atoms with Gasteiger partial charge in [0.1, 0.15) is 17.3 Å². The molecule has 0 amide bonds. The summed E-state index contributed by atoms with van der Waals surface area (Å²) < 4.78 is 1.82. The fourth-order valence-corrected chi connectivity index (χ4v) is 2.75. The van der Waals surface area contributed by atoms with Crippen LogP contribution in [0.5, 0.6) is 5.75 Å². The summed E-state index contributed by atoms with van der Waals surface area (Å²) in [5.41, 5.74) is 2.78. The number of nitrogens with zero attached hydrogens (tertiary/aromatic N) is 3. The van der Waals surface area contributed by atoms with Gasteiger partial charge in [0, 0.05) is 23.6 Å². The largest absolute Gasteiger partial charge is 0.508 e. The number of phenols is 1. The van der Waals surface area contributed by atoms with Crippen LogP contribution in [0.2, 0.25) is 0 Å². The summed E-state index contributed by atoms with van der Waals surface area (Å²) in [6, 6.07) is 13.3. The summed E-state index contributed by atoms with van der Waals surface area (Å²) in [6.45, 7) is 0.